The molecule has 0 aliphatic rings. The lowest BCUT2D eigenvalue weighted by atomic mass is 10.1. The molecule has 7 heteroatoms. The van der Waals surface area contributed by atoms with Gasteiger partial charge in [-0.25, -0.2) is 4.79 Å². The van der Waals surface area contributed by atoms with Gasteiger partial charge in [0.05, 0.1) is 19.8 Å². The topological polar surface area (TPSA) is 102 Å². The Morgan fingerprint density at radius 1 is 1.05 bits per heavy atom. The van der Waals surface area contributed by atoms with Crippen molar-refractivity contribution in [3.05, 3.63) is 35.9 Å². The number of ketones is 1. The molecule has 0 fully saturated rings. The fraction of sp³-hybridized carbons (Fsp3) is 0.429. The molecule has 1 rings (SSSR count). The van der Waals surface area contributed by atoms with Crippen LogP contribution in [-0.2, 0) is 19.0 Å². The lowest BCUT2D eigenvalue weighted by Crippen LogP contribution is -2.24. The van der Waals surface area contributed by atoms with Gasteiger partial charge in [-0.1, -0.05) is 30.3 Å². The number of ether oxygens (including phenoxy) is 3. The van der Waals surface area contributed by atoms with E-state index in [0.29, 0.717) is 5.56 Å². The Kier molecular flexibility index (Phi) is 8.22. The number of carboxylic acid groups (broad SMARTS) is 1. The molecule has 0 saturated heterocycles. The molecule has 0 spiro atoms. The maximum Gasteiger partial charge on any atom is 0.329 e. The Hall–Kier alpha value is -1.80. The minimum absolute atomic E-state index is 0.0992. The van der Waals surface area contributed by atoms with Gasteiger partial charge in [0, 0.05) is 5.56 Å². The van der Waals surface area contributed by atoms with E-state index in [2.05, 4.69) is 0 Å². The highest BCUT2D eigenvalue weighted by molar-refractivity contribution is 5.96. The van der Waals surface area contributed by atoms with E-state index in [1.165, 1.54) is 0 Å². The van der Waals surface area contributed by atoms with Crippen LogP contribution in [0, 0.1) is 0 Å². The van der Waals surface area contributed by atoms with Crippen molar-refractivity contribution < 1.29 is 34.0 Å². The first-order chi connectivity index (χ1) is 10.1. The summed E-state index contributed by atoms with van der Waals surface area (Å²) < 4.78 is 14.7. The van der Waals surface area contributed by atoms with Gasteiger partial charge in [0.1, 0.15) is 13.2 Å². The Morgan fingerprint density at radius 3 is 2.38 bits per heavy atom. The summed E-state index contributed by atoms with van der Waals surface area (Å²) in [5.41, 5.74) is 0.507. The van der Waals surface area contributed by atoms with Gasteiger partial charge in [-0.2, -0.15) is 0 Å². The first-order valence-electron chi connectivity index (χ1n) is 6.35. The second kappa shape index (κ2) is 10.0. The van der Waals surface area contributed by atoms with Crippen molar-refractivity contribution in [1.29, 1.82) is 0 Å². The summed E-state index contributed by atoms with van der Waals surface area (Å²) >= 11 is 0. The van der Waals surface area contributed by atoms with Crippen molar-refractivity contribution in [2.45, 2.75) is 6.29 Å². The summed E-state index contributed by atoms with van der Waals surface area (Å²) in [4.78, 5) is 21.8. The average Bonchev–Trinajstić information content (AvgIpc) is 2.49. The van der Waals surface area contributed by atoms with Crippen molar-refractivity contribution in [2.24, 2.45) is 0 Å². The van der Waals surface area contributed by atoms with E-state index in [4.69, 9.17) is 19.3 Å². The van der Waals surface area contributed by atoms with Crippen LogP contribution in [0.15, 0.2) is 30.3 Å². The van der Waals surface area contributed by atoms with Gasteiger partial charge in [-0.15, -0.1) is 0 Å². The molecule has 0 amide bonds. The molecule has 7 nitrogen and oxygen atoms in total. The number of hydrogen-bond donors (Lipinski definition) is 2. The Balaban J connectivity index is 2.07. The van der Waals surface area contributed by atoms with Gasteiger partial charge >= 0.3 is 5.97 Å². The van der Waals surface area contributed by atoms with Crippen molar-refractivity contribution in [3.8, 4) is 0 Å². The molecule has 2 N–H and O–H groups in total. The van der Waals surface area contributed by atoms with Crippen molar-refractivity contribution in [3.63, 3.8) is 0 Å². The lowest BCUT2D eigenvalue weighted by molar-refractivity contribution is -0.145. The first-order valence-corrected chi connectivity index (χ1v) is 6.35. The zero-order valence-electron chi connectivity index (χ0n) is 11.4. The molecule has 0 aromatic heterocycles. The van der Waals surface area contributed by atoms with Gasteiger partial charge in [0.2, 0.25) is 0 Å². The molecular weight excluding hydrogens is 280 g/mol. The molecule has 1 aromatic carbocycles. The predicted molar refractivity (Wildman–Crippen MR) is 72.0 cm³/mol. The molecule has 0 heterocycles. The maximum absolute atomic E-state index is 11.7. The molecular formula is C14H18O7. The highest BCUT2D eigenvalue weighted by Crippen LogP contribution is 2.01. The van der Waals surface area contributed by atoms with Crippen LogP contribution < -0.4 is 0 Å². The summed E-state index contributed by atoms with van der Waals surface area (Å²) in [5.74, 6) is -1.29. The number of aliphatic hydroxyl groups is 1. The van der Waals surface area contributed by atoms with E-state index in [1.807, 2.05) is 0 Å². The van der Waals surface area contributed by atoms with Crippen LogP contribution >= 0.6 is 0 Å². The Morgan fingerprint density at radius 2 is 1.71 bits per heavy atom. The molecule has 1 atom stereocenters. The molecule has 0 saturated carbocycles. The second-order valence-corrected chi connectivity index (χ2v) is 4.08. The smallest absolute Gasteiger partial charge is 0.329 e. The second-order valence-electron chi connectivity index (χ2n) is 4.08. The number of benzene rings is 1. The predicted octanol–water partition coefficient (Wildman–Crippen LogP) is 0.322. The quantitative estimate of drug-likeness (QED) is 0.344. The van der Waals surface area contributed by atoms with E-state index < -0.39 is 18.9 Å². The van der Waals surface area contributed by atoms with Crippen LogP contribution in [0.5, 0.6) is 0 Å². The van der Waals surface area contributed by atoms with Gasteiger partial charge < -0.3 is 24.4 Å². The molecule has 1 unspecified atom stereocenters. The normalized spacial score (nSPS) is 12.0. The number of hydrogen-bond acceptors (Lipinski definition) is 6. The van der Waals surface area contributed by atoms with Crippen LogP contribution in [0.1, 0.15) is 10.4 Å². The van der Waals surface area contributed by atoms with E-state index >= 15 is 0 Å². The van der Waals surface area contributed by atoms with E-state index in [0.717, 1.165) is 0 Å². The molecule has 0 aliphatic carbocycles. The molecule has 0 aliphatic heterocycles. The SMILES string of the molecule is O=C(O)COCCOCC(O)OCC(=O)c1ccccc1. The Bertz CT molecular complexity index is 432. The first kappa shape index (κ1) is 17.3. The van der Waals surface area contributed by atoms with E-state index in [9.17, 15) is 14.7 Å². The number of aliphatic carboxylic acids is 1. The van der Waals surface area contributed by atoms with Crippen molar-refractivity contribution in [1.82, 2.24) is 0 Å². The number of Topliss-reactive ketones (excluding diaryl/α,β-unsaturated/α-hetero) is 1. The number of aliphatic hydroxyl groups excluding tert-OH is 1. The fourth-order valence-electron chi connectivity index (χ4n) is 1.39. The zero-order chi connectivity index (χ0) is 15.5. The largest absolute Gasteiger partial charge is 0.480 e. The van der Waals surface area contributed by atoms with Gasteiger partial charge in [0.25, 0.3) is 0 Å². The van der Waals surface area contributed by atoms with E-state index in [-0.39, 0.29) is 32.2 Å². The maximum atomic E-state index is 11.7. The molecule has 116 valence electrons. The molecule has 0 radical (unpaired) electrons. The van der Waals surface area contributed by atoms with Gasteiger partial charge in [-0.05, 0) is 0 Å². The van der Waals surface area contributed by atoms with Gasteiger partial charge in [-0.3, -0.25) is 4.79 Å². The van der Waals surface area contributed by atoms with Crippen molar-refractivity contribution in [2.75, 3.05) is 33.0 Å². The summed E-state index contributed by atoms with van der Waals surface area (Å²) in [5, 5.41) is 17.8. The molecule has 1 aromatic rings. The van der Waals surface area contributed by atoms with Crippen LogP contribution in [-0.4, -0.2) is 61.3 Å². The van der Waals surface area contributed by atoms with Crippen LogP contribution in [0.25, 0.3) is 0 Å². The highest BCUT2D eigenvalue weighted by Gasteiger charge is 2.10. The Labute approximate surface area is 122 Å². The molecule has 0 bridgehead atoms. The number of carboxylic acids is 1. The third-order valence-corrected chi connectivity index (χ3v) is 2.36. The summed E-state index contributed by atoms with van der Waals surface area (Å²) in [6.07, 6.45) is -1.22. The third kappa shape index (κ3) is 8.16. The monoisotopic (exact) mass is 298 g/mol. The van der Waals surface area contributed by atoms with Crippen LogP contribution in [0.4, 0.5) is 0 Å². The minimum atomic E-state index is -1.22. The lowest BCUT2D eigenvalue weighted by Gasteiger charge is -2.12. The van der Waals surface area contributed by atoms with Crippen LogP contribution in [0.3, 0.4) is 0 Å². The fourth-order valence-corrected chi connectivity index (χ4v) is 1.39. The number of rotatable bonds is 11. The van der Waals surface area contributed by atoms with Crippen molar-refractivity contribution >= 4 is 11.8 Å². The number of carbonyl (C=O) groups is 2. The number of carbonyl (C=O) groups excluding carboxylic acids is 1. The van der Waals surface area contributed by atoms with Crippen LogP contribution in [0.2, 0.25) is 0 Å². The summed E-state index contributed by atoms with van der Waals surface area (Å²) in [6, 6.07) is 8.60. The standard InChI is InChI=1S/C14H18O7/c15-12(11-4-2-1-3-5-11)8-21-14(18)10-20-7-6-19-9-13(16)17/h1-5,14,18H,6-10H2,(H,16,17). The third-order valence-electron chi connectivity index (χ3n) is 2.36. The highest BCUT2D eigenvalue weighted by atomic mass is 16.6. The summed E-state index contributed by atoms with van der Waals surface area (Å²) in [6.45, 7) is -0.543. The summed E-state index contributed by atoms with van der Waals surface area (Å²) in [7, 11) is 0. The van der Waals surface area contributed by atoms with Gasteiger partial charge in [0.15, 0.2) is 12.1 Å². The van der Waals surface area contributed by atoms with E-state index in [1.54, 1.807) is 30.3 Å². The average molecular weight is 298 g/mol. The minimum Gasteiger partial charge on any atom is -0.480 e. The zero-order valence-corrected chi connectivity index (χ0v) is 11.4. The molecule has 21 heavy (non-hydrogen) atoms.